The van der Waals surface area contributed by atoms with Gasteiger partial charge in [0.2, 0.25) is 0 Å². The van der Waals surface area contributed by atoms with Crippen LogP contribution in [0.1, 0.15) is 37.8 Å². The van der Waals surface area contributed by atoms with Crippen LogP contribution in [0.2, 0.25) is 0 Å². The first-order valence-corrected chi connectivity index (χ1v) is 6.86. The summed E-state index contributed by atoms with van der Waals surface area (Å²) in [5.41, 5.74) is 3.13. The minimum atomic E-state index is -4.25. The quantitative estimate of drug-likeness (QED) is 0.681. The predicted octanol–water partition coefficient (Wildman–Crippen LogP) is 5.55. The predicted molar refractivity (Wildman–Crippen MR) is 75.4 cm³/mol. The third-order valence-corrected chi connectivity index (χ3v) is 3.91. The molecule has 0 N–H and O–H groups in total. The van der Waals surface area contributed by atoms with E-state index >= 15 is 0 Å². The monoisotopic (exact) mass is 280 g/mol. The largest absolute Gasteiger partial charge is 0.416 e. The minimum absolute atomic E-state index is 0.516. The lowest BCUT2D eigenvalue weighted by Gasteiger charge is -2.21. The molecule has 3 heteroatoms. The first kappa shape index (κ1) is 14.9. The standard InChI is InChI=1S/C17H19F3/c1-12-3-4-13(2)15(11-12)8-5-14-6-9-16(10-7-14)17(18,19)20/h3-4,6-7,9-10,15H,5,8,11H2,1-2H3. The van der Waals surface area contributed by atoms with Gasteiger partial charge in [0, 0.05) is 0 Å². The summed E-state index contributed by atoms with van der Waals surface area (Å²) in [6.07, 6.45) is 2.91. The molecule has 0 nitrogen and oxygen atoms in total. The van der Waals surface area contributed by atoms with Crippen LogP contribution < -0.4 is 0 Å². The molecule has 0 aromatic heterocycles. The Morgan fingerprint density at radius 3 is 2.30 bits per heavy atom. The highest BCUT2D eigenvalue weighted by molar-refractivity contribution is 5.27. The van der Waals surface area contributed by atoms with Gasteiger partial charge in [-0.25, -0.2) is 0 Å². The zero-order chi connectivity index (χ0) is 14.8. The highest BCUT2D eigenvalue weighted by Gasteiger charge is 2.29. The lowest BCUT2D eigenvalue weighted by Crippen LogP contribution is -2.08. The van der Waals surface area contributed by atoms with Crippen molar-refractivity contribution in [2.75, 3.05) is 0 Å². The van der Waals surface area contributed by atoms with E-state index in [0.717, 1.165) is 24.8 Å². The number of benzene rings is 1. The van der Waals surface area contributed by atoms with E-state index in [9.17, 15) is 13.2 Å². The molecule has 1 aromatic rings. The molecular weight excluding hydrogens is 261 g/mol. The summed E-state index contributed by atoms with van der Waals surface area (Å²) < 4.78 is 37.4. The van der Waals surface area contributed by atoms with Crippen LogP contribution in [0.25, 0.3) is 0 Å². The molecule has 0 amide bonds. The number of hydrogen-bond donors (Lipinski definition) is 0. The first-order valence-electron chi connectivity index (χ1n) is 6.86. The molecule has 0 heterocycles. The highest BCUT2D eigenvalue weighted by atomic mass is 19.4. The van der Waals surface area contributed by atoms with Crippen molar-refractivity contribution in [1.82, 2.24) is 0 Å². The van der Waals surface area contributed by atoms with E-state index < -0.39 is 11.7 Å². The van der Waals surface area contributed by atoms with Crippen molar-refractivity contribution in [3.8, 4) is 0 Å². The molecule has 1 aromatic carbocycles. The lowest BCUT2D eigenvalue weighted by molar-refractivity contribution is -0.137. The Hall–Kier alpha value is -1.51. The molecule has 20 heavy (non-hydrogen) atoms. The Morgan fingerprint density at radius 1 is 1.05 bits per heavy atom. The molecule has 0 saturated heterocycles. The van der Waals surface area contributed by atoms with Crippen molar-refractivity contribution in [1.29, 1.82) is 0 Å². The zero-order valence-electron chi connectivity index (χ0n) is 11.8. The molecule has 0 spiro atoms. The van der Waals surface area contributed by atoms with Gasteiger partial charge in [0.25, 0.3) is 0 Å². The summed E-state index contributed by atoms with van der Waals surface area (Å²) in [6.45, 7) is 4.24. The van der Waals surface area contributed by atoms with Gasteiger partial charge in [-0.1, -0.05) is 35.4 Å². The second-order valence-corrected chi connectivity index (χ2v) is 5.56. The molecule has 0 aliphatic heterocycles. The Morgan fingerprint density at radius 2 is 1.70 bits per heavy atom. The van der Waals surface area contributed by atoms with Gasteiger partial charge < -0.3 is 0 Å². The van der Waals surface area contributed by atoms with E-state index in [1.807, 2.05) is 0 Å². The zero-order valence-corrected chi connectivity index (χ0v) is 11.8. The van der Waals surface area contributed by atoms with Crippen molar-refractivity contribution in [3.63, 3.8) is 0 Å². The SMILES string of the molecule is CC1=CC=C(C)C(CCc2ccc(C(F)(F)F)cc2)C1. The van der Waals surface area contributed by atoms with Crippen LogP contribution in [0, 0.1) is 5.92 Å². The number of rotatable bonds is 3. The maximum Gasteiger partial charge on any atom is 0.416 e. The summed E-state index contributed by atoms with van der Waals surface area (Å²) >= 11 is 0. The molecule has 1 aliphatic carbocycles. The van der Waals surface area contributed by atoms with Crippen LogP contribution in [-0.2, 0) is 12.6 Å². The second-order valence-electron chi connectivity index (χ2n) is 5.56. The Balaban J connectivity index is 1.95. The molecular formula is C17H19F3. The Labute approximate surface area is 118 Å². The summed E-state index contributed by atoms with van der Waals surface area (Å²) in [7, 11) is 0. The van der Waals surface area contributed by atoms with E-state index in [-0.39, 0.29) is 0 Å². The average Bonchev–Trinajstić information content (AvgIpc) is 2.39. The van der Waals surface area contributed by atoms with Gasteiger partial charge in [-0.3, -0.25) is 0 Å². The summed E-state index contributed by atoms with van der Waals surface area (Å²) in [5.74, 6) is 0.516. The lowest BCUT2D eigenvalue weighted by atomic mass is 9.84. The highest BCUT2D eigenvalue weighted by Crippen LogP contribution is 2.31. The van der Waals surface area contributed by atoms with Crippen molar-refractivity contribution in [3.05, 3.63) is 58.7 Å². The van der Waals surface area contributed by atoms with Gasteiger partial charge in [0.15, 0.2) is 0 Å². The van der Waals surface area contributed by atoms with E-state index in [0.29, 0.717) is 5.92 Å². The van der Waals surface area contributed by atoms with E-state index in [1.54, 1.807) is 12.1 Å². The number of allylic oxidation sites excluding steroid dienone is 4. The van der Waals surface area contributed by atoms with Gasteiger partial charge in [0.05, 0.1) is 5.56 Å². The normalized spacial score (nSPS) is 19.6. The molecule has 0 fully saturated rings. The van der Waals surface area contributed by atoms with Crippen LogP contribution in [0.3, 0.4) is 0 Å². The van der Waals surface area contributed by atoms with Gasteiger partial charge in [-0.15, -0.1) is 0 Å². The van der Waals surface area contributed by atoms with Crippen LogP contribution >= 0.6 is 0 Å². The maximum atomic E-state index is 12.5. The third-order valence-electron chi connectivity index (χ3n) is 3.91. The fourth-order valence-corrected chi connectivity index (χ4v) is 2.56. The first-order chi connectivity index (χ1) is 9.36. The smallest absolute Gasteiger partial charge is 0.166 e. The van der Waals surface area contributed by atoms with Gasteiger partial charge >= 0.3 is 6.18 Å². The molecule has 1 atom stereocenters. The Kier molecular flexibility index (Phi) is 4.36. The number of halogens is 3. The second kappa shape index (κ2) is 5.86. The van der Waals surface area contributed by atoms with E-state index in [2.05, 4.69) is 26.0 Å². The van der Waals surface area contributed by atoms with Crippen LogP contribution in [0.4, 0.5) is 13.2 Å². The molecule has 1 unspecified atom stereocenters. The number of alkyl halides is 3. The van der Waals surface area contributed by atoms with Crippen molar-refractivity contribution < 1.29 is 13.2 Å². The molecule has 1 aliphatic rings. The van der Waals surface area contributed by atoms with Gasteiger partial charge in [0.1, 0.15) is 0 Å². The fourth-order valence-electron chi connectivity index (χ4n) is 2.56. The fraction of sp³-hybridized carbons (Fsp3) is 0.412. The van der Waals surface area contributed by atoms with Crippen LogP contribution in [0.5, 0.6) is 0 Å². The van der Waals surface area contributed by atoms with E-state index in [1.165, 1.54) is 23.3 Å². The van der Waals surface area contributed by atoms with Crippen LogP contribution in [-0.4, -0.2) is 0 Å². The van der Waals surface area contributed by atoms with Gasteiger partial charge in [-0.05, 0) is 56.7 Å². The Bertz CT molecular complexity index is 518. The third kappa shape index (κ3) is 3.75. The topological polar surface area (TPSA) is 0 Å². The number of aryl methyl sites for hydroxylation is 1. The van der Waals surface area contributed by atoms with Gasteiger partial charge in [-0.2, -0.15) is 13.2 Å². The van der Waals surface area contributed by atoms with Crippen molar-refractivity contribution in [2.45, 2.75) is 39.3 Å². The molecule has 0 bridgehead atoms. The average molecular weight is 280 g/mol. The van der Waals surface area contributed by atoms with Crippen molar-refractivity contribution in [2.24, 2.45) is 5.92 Å². The van der Waals surface area contributed by atoms with Crippen molar-refractivity contribution >= 4 is 0 Å². The summed E-state index contributed by atoms with van der Waals surface area (Å²) in [4.78, 5) is 0. The summed E-state index contributed by atoms with van der Waals surface area (Å²) in [5, 5.41) is 0. The molecule has 108 valence electrons. The number of hydrogen-bond acceptors (Lipinski definition) is 0. The summed E-state index contributed by atoms with van der Waals surface area (Å²) in [6, 6.07) is 5.52. The van der Waals surface area contributed by atoms with E-state index in [4.69, 9.17) is 0 Å². The maximum absolute atomic E-state index is 12.5. The van der Waals surface area contributed by atoms with Crippen LogP contribution in [0.15, 0.2) is 47.6 Å². The molecule has 2 rings (SSSR count). The minimum Gasteiger partial charge on any atom is -0.166 e. The molecule has 0 radical (unpaired) electrons. The molecule has 0 saturated carbocycles.